The second-order valence-corrected chi connectivity index (χ2v) is 5.01. The van der Waals surface area contributed by atoms with Gasteiger partial charge in [0, 0.05) is 6.54 Å². The van der Waals surface area contributed by atoms with Crippen LogP contribution in [0.2, 0.25) is 0 Å². The van der Waals surface area contributed by atoms with E-state index in [2.05, 4.69) is 28.2 Å². The fourth-order valence-electron chi connectivity index (χ4n) is 1.46. The third-order valence-electron chi connectivity index (χ3n) is 2.40. The number of halogens is 4. The normalized spacial score (nSPS) is 11.6. The van der Waals surface area contributed by atoms with Crippen LogP contribution in [0.4, 0.5) is 13.2 Å². The molecule has 0 spiro atoms. The van der Waals surface area contributed by atoms with Crippen molar-refractivity contribution in [1.82, 2.24) is 5.32 Å². The Balaban J connectivity index is 2.48. The molecule has 6 heteroatoms. The summed E-state index contributed by atoms with van der Waals surface area (Å²) in [4.78, 5) is 0. The topological polar surface area (TPSA) is 21.3 Å². The fraction of sp³-hybridized carbons (Fsp3) is 0.538. The molecule has 0 unspecified atom stereocenters. The molecule has 0 fully saturated rings. The van der Waals surface area contributed by atoms with Crippen molar-refractivity contribution in [3.05, 3.63) is 28.2 Å². The molecule has 1 aromatic rings. The van der Waals surface area contributed by atoms with Gasteiger partial charge in [0.15, 0.2) is 0 Å². The van der Waals surface area contributed by atoms with E-state index in [4.69, 9.17) is 4.74 Å². The first-order valence-electron chi connectivity index (χ1n) is 6.11. The fourth-order valence-corrected chi connectivity index (χ4v) is 2.00. The molecule has 0 heterocycles. The summed E-state index contributed by atoms with van der Waals surface area (Å²) < 4.78 is 41.8. The van der Waals surface area contributed by atoms with Crippen LogP contribution in [-0.2, 0) is 6.54 Å². The minimum Gasteiger partial charge on any atom is -0.492 e. The third-order valence-corrected chi connectivity index (χ3v) is 3.02. The van der Waals surface area contributed by atoms with E-state index < -0.39 is 12.6 Å². The van der Waals surface area contributed by atoms with E-state index in [9.17, 15) is 13.2 Å². The first kappa shape index (κ1) is 16.3. The van der Waals surface area contributed by atoms with Gasteiger partial charge >= 0.3 is 6.18 Å². The molecule has 0 amide bonds. The second kappa shape index (κ2) is 7.75. The Hall–Kier alpha value is -0.750. The summed E-state index contributed by atoms with van der Waals surface area (Å²) in [5.41, 5.74) is 1.06. The van der Waals surface area contributed by atoms with Crippen LogP contribution in [0.15, 0.2) is 22.7 Å². The Morgan fingerprint density at radius 3 is 2.63 bits per heavy atom. The zero-order chi connectivity index (χ0) is 14.3. The molecule has 0 aliphatic rings. The van der Waals surface area contributed by atoms with E-state index in [1.807, 2.05) is 12.1 Å². The van der Waals surface area contributed by atoms with Gasteiger partial charge in [0.1, 0.15) is 5.75 Å². The van der Waals surface area contributed by atoms with Gasteiger partial charge in [-0.1, -0.05) is 13.0 Å². The summed E-state index contributed by atoms with van der Waals surface area (Å²) in [6, 6.07) is 5.38. The van der Waals surface area contributed by atoms with Gasteiger partial charge in [0.05, 0.1) is 17.5 Å². The summed E-state index contributed by atoms with van der Waals surface area (Å²) in [5.74, 6) is 0.434. The van der Waals surface area contributed by atoms with Gasteiger partial charge in [-0.3, -0.25) is 0 Å². The first-order valence-corrected chi connectivity index (χ1v) is 6.90. The summed E-state index contributed by atoms with van der Waals surface area (Å²) in [6.07, 6.45) is -4.07. The average Bonchev–Trinajstić information content (AvgIpc) is 2.31. The predicted molar refractivity (Wildman–Crippen MR) is 72.3 cm³/mol. The highest BCUT2D eigenvalue weighted by atomic mass is 79.9. The molecule has 1 rings (SSSR count). The van der Waals surface area contributed by atoms with E-state index in [1.165, 1.54) is 0 Å². The van der Waals surface area contributed by atoms with E-state index in [-0.39, 0.29) is 6.61 Å². The predicted octanol–water partition coefficient (Wildman–Crippen LogP) is 4.28. The monoisotopic (exact) mass is 339 g/mol. The van der Waals surface area contributed by atoms with Crippen molar-refractivity contribution in [2.75, 3.05) is 13.2 Å². The number of benzene rings is 1. The quantitative estimate of drug-likeness (QED) is 0.748. The molecule has 0 aliphatic heterocycles. The number of nitrogens with one attached hydrogen (secondary N) is 1. The Bertz CT molecular complexity index is 396. The van der Waals surface area contributed by atoms with Crippen LogP contribution in [0, 0.1) is 0 Å². The molecule has 0 atom stereocenters. The van der Waals surface area contributed by atoms with Gasteiger partial charge < -0.3 is 10.1 Å². The lowest BCUT2D eigenvalue weighted by Gasteiger charge is -2.11. The van der Waals surface area contributed by atoms with Crippen molar-refractivity contribution in [1.29, 1.82) is 0 Å². The zero-order valence-corrected chi connectivity index (χ0v) is 12.3. The molecule has 2 nitrogen and oxygen atoms in total. The van der Waals surface area contributed by atoms with Crippen LogP contribution in [0.3, 0.4) is 0 Å². The Labute approximate surface area is 119 Å². The van der Waals surface area contributed by atoms with Crippen LogP contribution in [0.25, 0.3) is 0 Å². The molecule has 19 heavy (non-hydrogen) atoms. The maximum atomic E-state index is 12.0. The van der Waals surface area contributed by atoms with E-state index >= 15 is 0 Å². The highest BCUT2D eigenvalue weighted by Crippen LogP contribution is 2.27. The standard InChI is InChI=1S/C13H17BrF3NO/c1-2-6-18-9-10-3-4-12(11(14)8-10)19-7-5-13(15,16)17/h3-4,8,18H,2,5-7,9H2,1H3. The van der Waals surface area contributed by atoms with Crippen LogP contribution < -0.4 is 10.1 Å². The van der Waals surface area contributed by atoms with Crippen LogP contribution in [0.1, 0.15) is 25.3 Å². The van der Waals surface area contributed by atoms with Crippen molar-refractivity contribution in [3.8, 4) is 5.75 Å². The highest BCUT2D eigenvalue weighted by molar-refractivity contribution is 9.10. The van der Waals surface area contributed by atoms with Crippen LogP contribution in [0.5, 0.6) is 5.75 Å². The molecule has 0 saturated heterocycles. The van der Waals surface area contributed by atoms with Gasteiger partial charge in [0.2, 0.25) is 0 Å². The number of hydrogen-bond donors (Lipinski definition) is 1. The molecule has 0 radical (unpaired) electrons. The smallest absolute Gasteiger partial charge is 0.392 e. The zero-order valence-electron chi connectivity index (χ0n) is 10.7. The Morgan fingerprint density at radius 2 is 2.05 bits per heavy atom. The van der Waals surface area contributed by atoms with E-state index in [0.29, 0.717) is 10.2 Å². The van der Waals surface area contributed by atoms with Crippen LogP contribution >= 0.6 is 15.9 Å². The minimum atomic E-state index is -4.18. The summed E-state index contributed by atoms with van der Waals surface area (Å²) >= 11 is 3.30. The third kappa shape index (κ3) is 6.82. The summed E-state index contributed by atoms with van der Waals surface area (Å²) in [7, 11) is 0. The molecular weight excluding hydrogens is 323 g/mol. The molecule has 1 N–H and O–H groups in total. The van der Waals surface area contributed by atoms with Crippen molar-refractivity contribution >= 4 is 15.9 Å². The summed E-state index contributed by atoms with van der Waals surface area (Å²) in [5, 5.41) is 3.25. The summed E-state index contributed by atoms with van der Waals surface area (Å²) in [6.45, 7) is 3.38. The lowest BCUT2D eigenvalue weighted by atomic mass is 10.2. The van der Waals surface area contributed by atoms with E-state index in [0.717, 1.165) is 25.1 Å². The molecule has 0 aromatic heterocycles. The number of alkyl halides is 3. The van der Waals surface area contributed by atoms with Gasteiger partial charge in [0.25, 0.3) is 0 Å². The highest BCUT2D eigenvalue weighted by Gasteiger charge is 2.26. The van der Waals surface area contributed by atoms with Crippen molar-refractivity contribution < 1.29 is 17.9 Å². The van der Waals surface area contributed by atoms with Gasteiger partial charge in [-0.25, -0.2) is 0 Å². The number of rotatable bonds is 7. The number of ether oxygens (including phenoxy) is 1. The van der Waals surface area contributed by atoms with Crippen LogP contribution in [-0.4, -0.2) is 19.3 Å². The van der Waals surface area contributed by atoms with Crippen molar-refractivity contribution in [2.45, 2.75) is 32.5 Å². The molecule has 108 valence electrons. The van der Waals surface area contributed by atoms with Gasteiger partial charge in [-0.05, 0) is 46.6 Å². The minimum absolute atomic E-state index is 0.366. The first-order chi connectivity index (χ1) is 8.92. The van der Waals surface area contributed by atoms with Gasteiger partial charge in [-0.2, -0.15) is 13.2 Å². The van der Waals surface area contributed by atoms with Crippen molar-refractivity contribution in [3.63, 3.8) is 0 Å². The Morgan fingerprint density at radius 1 is 1.32 bits per heavy atom. The van der Waals surface area contributed by atoms with Gasteiger partial charge in [-0.15, -0.1) is 0 Å². The number of hydrogen-bond acceptors (Lipinski definition) is 2. The molecule has 0 saturated carbocycles. The molecule has 1 aromatic carbocycles. The largest absolute Gasteiger partial charge is 0.492 e. The maximum Gasteiger partial charge on any atom is 0.392 e. The lowest BCUT2D eigenvalue weighted by molar-refractivity contribution is -0.139. The molecule has 0 aliphatic carbocycles. The second-order valence-electron chi connectivity index (χ2n) is 4.16. The Kier molecular flexibility index (Phi) is 6.65. The molecule has 0 bridgehead atoms. The maximum absolute atomic E-state index is 12.0. The lowest BCUT2D eigenvalue weighted by Crippen LogP contribution is -2.14. The van der Waals surface area contributed by atoms with Crippen molar-refractivity contribution in [2.24, 2.45) is 0 Å². The SMILES string of the molecule is CCCNCc1ccc(OCCC(F)(F)F)c(Br)c1. The molecular formula is C13H17BrF3NO. The van der Waals surface area contributed by atoms with E-state index in [1.54, 1.807) is 6.07 Å². The average molecular weight is 340 g/mol.